The maximum absolute atomic E-state index is 12.9. The second kappa shape index (κ2) is 8.95. The normalized spacial score (nSPS) is 16.2. The van der Waals surface area contributed by atoms with Gasteiger partial charge in [0, 0.05) is 13.0 Å². The van der Waals surface area contributed by atoms with Gasteiger partial charge in [-0.15, -0.1) is 0 Å². The smallest absolute Gasteiger partial charge is 0.338 e. The Bertz CT molecular complexity index is 1010. The van der Waals surface area contributed by atoms with Crippen molar-refractivity contribution in [3.8, 4) is 0 Å². The van der Waals surface area contributed by atoms with Crippen LogP contribution in [0.5, 0.6) is 0 Å². The lowest BCUT2D eigenvalue weighted by Gasteiger charge is -2.27. The third kappa shape index (κ3) is 4.13. The highest BCUT2D eigenvalue weighted by molar-refractivity contribution is 6.08. The molecule has 0 fully saturated rings. The van der Waals surface area contributed by atoms with Crippen molar-refractivity contribution in [2.45, 2.75) is 39.8 Å². The minimum atomic E-state index is -0.658. The van der Waals surface area contributed by atoms with Crippen LogP contribution in [0, 0.1) is 6.92 Å². The van der Waals surface area contributed by atoms with Crippen LogP contribution in [-0.2, 0) is 20.9 Å². The summed E-state index contributed by atoms with van der Waals surface area (Å²) in [7, 11) is 0. The first kappa shape index (κ1) is 21.3. The summed E-state index contributed by atoms with van der Waals surface area (Å²) in [6.45, 7) is 5.86. The number of ketones is 1. The Morgan fingerprint density at radius 1 is 1.10 bits per heavy atom. The SMILES string of the molecule is CCOC(=O)c1ccc(CN2C(=O)C(O)=C(C(=O)CC)C2c2cccc(C)c2)cc1. The lowest BCUT2D eigenvalue weighted by Crippen LogP contribution is -2.30. The molecule has 0 aromatic heterocycles. The van der Waals surface area contributed by atoms with Crippen molar-refractivity contribution >= 4 is 17.7 Å². The fourth-order valence-corrected chi connectivity index (χ4v) is 3.64. The minimum absolute atomic E-state index is 0.135. The Kier molecular flexibility index (Phi) is 6.35. The molecule has 2 aromatic carbocycles. The molecule has 0 radical (unpaired) electrons. The van der Waals surface area contributed by atoms with E-state index in [2.05, 4.69) is 0 Å². The van der Waals surface area contributed by atoms with Gasteiger partial charge in [0.15, 0.2) is 11.5 Å². The van der Waals surface area contributed by atoms with Crippen LogP contribution in [0.2, 0.25) is 0 Å². The number of aliphatic hydroxyl groups excluding tert-OH is 1. The number of rotatable bonds is 7. The number of nitrogens with zero attached hydrogens (tertiary/aromatic N) is 1. The third-order valence-electron chi connectivity index (χ3n) is 5.10. The number of aryl methyl sites for hydroxylation is 1. The maximum atomic E-state index is 12.9. The van der Waals surface area contributed by atoms with E-state index in [1.165, 1.54) is 4.90 Å². The van der Waals surface area contributed by atoms with Gasteiger partial charge in [-0.05, 0) is 37.1 Å². The number of carbonyl (C=O) groups excluding carboxylic acids is 3. The van der Waals surface area contributed by atoms with Gasteiger partial charge in [-0.25, -0.2) is 4.79 Å². The predicted molar refractivity (Wildman–Crippen MR) is 112 cm³/mol. The second-order valence-electron chi connectivity index (χ2n) is 7.21. The first-order valence-electron chi connectivity index (χ1n) is 9.97. The number of amides is 1. The van der Waals surface area contributed by atoms with E-state index < -0.39 is 23.7 Å². The molecule has 6 nitrogen and oxygen atoms in total. The molecule has 1 aliphatic rings. The van der Waals surface area contributed by atoms with E-state index in [0.29, 0.717) is 12.2 Å². The topological polar surface area (TPSA) is 83.9 Å². The van der Waals surface area contributed by atoms with Crippen LogP contribution in [0.3, 0.4) is 0 Å². The number of aliphatic hydroxyl groups is 1. The van der Waals surface area contributed by atoms with Crippen molar-refractivity contribution in [2.24, 2.45) is 0 Å². The van der Waals surface area contributed by atoms with Gasteiger partial charge in [-0.1, -0.05) is 48.9 Å². The summed E-state index contributed by atoms with van der Waals surface area (Å²) in [4.78, 5) is 38.8. The molecule has 3 rings (SSSR count). The molecule has 1 heterocycles. The van der Waals surface area contributed by atoms with Gasteiger partial charge < -0.3 is 14.7 Å². The molecule has 0 aliphatic carbocycles. The Labute approximate surface area is 175 Å². The van der Waals surface area contributed by atoms with Crippen molar-refractivity contribution in [3.63, 3.8) is 0 Å². The Morgan fingerprint density at radius 2 is 1.80 bits per heavy atom. The molecule has 0 saturated heterocycles. The van der Waals surface area contributed by atoms with E-state index in [1.54, 1.807) is 38.1 Å². The lowest BCUT2D eigenvalue weighted by atomic mass is 9.94. The average molecular weight is 407 g/mol. The summed E-state index contributed by atoms with van der Waals surface area (Å²) < 4.78 is 4.99. The van der Waals surface area contributed by atoms with Crippen LogP contribution in [0.25, 0.3) is 0 Å². The van der Waals surface area contributed by atoms with Gasteiger partial charge in [0.1, 0.15) is 0 Å². The molecule has 1 amide bonds. The largest absolute Gasteiger partial charge is 0.503 e. The fraction of sp³-hybridized carbons (Fsp3) is 0.292. The molecule has 1 N–H and O–H groups in total. The van der Waals surface area contributed by atoms with Gasteiger partial charge in [-0.3, -0.25) is 9.59 Å². The number of ether oxygens (including phenoxy) is 1. The van der Waals surface area contributed by atoms with Crippen molar-refractivity contribution in [2.75, 3.05) is 6.61 Å². The average Bonchev–Trinajstić information content (AvgIpc) is 2.99. The molecule has 1 atom stereocenters. The lowest BCUT2D eigenvalue weighted by molar-refractivity contribution is -0.130. The van der Waals surface area contributed by atoms with E-state index in [-0.39, 0.29) is 24.3 Å². The van der Waals surface area contributed by atoms with Crippen molar-refractivity contribution < 1.29 is 24.2 Å². The van der Waals surface area contributed by atoms with E-state index in [1.807, 2.05) is 31.2 Å². The van der Waals surface area contributed by atoms with Crippen molar-refractivity contribution in [3.05, 3.63) is 82.1 Å². The van der Waals surface area contributed by atoms with Gasteiger partial charge in [0.25, 0.3) is 5.91 Å². The van der Waals surface area contributed by atoms with Crippen LogP contribution in [0.1, 0.15) is 53.4 Å². The quantitative estimate of drug-likeness (QED) is 0.700. The Balaban J connectivity index is 1.95. The summed E-state index contributed by atoms with van der Waals surface area (Å²) in [6, 6.07) is 13.7. The molecule has 0 saturated carbocycles. The van der Waals surface area contributed by atoms with Gasteiger partial charge in [0.2, 0.25) is 0 Å². The van der Waals surface area contributed by atoms with Gasteiger partial charge in [-0.2, -0.15) is 0 Å². The fourth-order valence-electron chi connectivity index (χ4n) is 3.64. The summed E-state index contributed by atoms with van der Waals surface area (Å²) in [5, 5.41) is 10.5. The zero-order chi connectivity index (χ0) is 21.8. The second-order valence-corrected chi connectivity index (χ2v) is 7.21. The van der Waals surface area contributed by atoms with Crippen LogP contribution < -0.4 is 0 Å². The summed E-state index contributed by atoms with van der Waals surface area (Å²) >= 11 is 0. The van der Waals surface area contributed by atoms with E-state index >= 15 is 0 Å². The van der Waals surface area contributed by atoms with Crippen LogP contribution in [0.4, 0.5) is 0 Å². The van der Waals surface area contributed by atoms with Gasteiger partial charge >= 0.3 is 5.97 Å². The standard InChI is InChI=1S/C24H25NO5/c1-4-19(26)20-21(18-8-6-7-15(3)13-18)25(23(28)22(20)27)14-16-9-11-17(12-10-16)24(29)30-5-2/h6-13,21,27H,4-5,14H2,1-3H3. The Morgan fingerprint density at radius 3 is 2.40 bits per heavy atom. The number of hydrogen-bond acceptors (Lipinski definition) is 5. The van der Waals surface area contributed by atoms with Crippen LogP contribution in [0.15, 0.2) is 59.9 Å². The first-order valence-corrected chi connectivity index (χ1v) is 9.97. The minimum Gasteiger partial charge on any atom is -0.503 e. The van der Waals surface area contributed by atoms with E-state index in [4.69, 9.17) is 4.74 Å². The van der Waals surface area contributed by atoms with Crippen molar-refractivity contribution in [1.82, 2.24) is 4.90 Å². The summed E-state index contributed by atoms with van der Waals surface area (Å²) in [6.07, 6.45) is 0.192. The number of Topliss-reactive ketones (excluding diaryl/α,β-unsaturated/α-hetero) is 1. The molecular formula is C24H25NO5. The summed E-state index contributed by atoms with van der Waals surface area (Å²) in [5.74, 6) is -1.73. The molecule has 1 unspecified atom stereocenters. The molecule has 156 valence electrons. The van der Waals surface area contributed by atoms with Crippen molar-refractivity contribution in [1.29, 1.82) is 0 Å². The maximum Gasteiger partial charge on any atom is 0.338 e. The zero-order valence-electron chi connectivity index (χ0n) is 17.3. The predicted octanol–water partition coefficient (Wildman–Crippen LogP) is 4.05. The monoisotopic (exact) mass is 407 g/mol. The first-order chi connectivity index (χ1) is 14.4. The number of benzene rings is 2. The highest BCUT2D eigenvalue weighted by Gasteiger charge is 2.42. The number of esters is 1. The molecule has 30 heavy (non-hydrogen) atoms. The summed E-state index contributed by atoms with van der Waals surface area (Å²) in [5.41, 5.74) is 3.09. The molecule has 2 aromatic rings. The van der Waals surface area contributed by atoms with Crippen LogP contribution >= 0.6 is 0 Å². The Hall–Kier alpha value is -3.41. The van der Waals surface area contributed by atoms with Crippen LogP contribution in [-0.4, -0.2) is 34.3 Å². The van der Waals surface area contributed by atoms with E-state index in [9.17, 15) is 19.5 Å². The molecule has 0 spiro atoms. The molecular weight excluding hydrogens is 382 g/mol. The highest BCUT2D eigenvalue weighted by atomic mass is 16.5. The zero-order valence-corrected chi connectivity index (χ0v) is 17.3. The molecule has 1 aliphatic heterocycles. The number of carbonyl (C=O) groups is 3. The number of hydrogen-bond donors (Lipinski definition) is 1. The third-order valence-corrected chi connectivity index (χ3v) is 5.10. The van der Waals surface area contributed by atoms with Gasteiger partial charge in [0.05, 0.1) is 23.8 Å². The molecule has 0 bridgehead atoms. The highest BCUT2D eigenvalue weighted by Crippen LogP contribution is 2.39. The van der Waals surface area contributed by atoms with E-state index in [0.717, 1.165) is 16.7 Å². The molecule has 6 heteroatoms.